The number of rotatable bonds is 9. The molecule has 2 aromatic rings. The van der Waals surface area contributed by atoms with Gasteiger partial charge in [-0.05, 0) is 17.7 Å². The Morgan fingerprint density at radius 2 is 1.97 bits per heavy atom. The van der Waals surface area contributed by atoms with Crippen LogP contribution in [0, 0.1) is 0 Å². The normalized spacial score (nSPS) is 15.3. The van der Waals surface area contributed by atoms with E-state index in [0.29, 0.717) is 45.0 Å². The first-order valence-electron chi connectivity index (χ1n) is 9.27. The highest BCUT2D eigenvalue weighted by molar-refractivity contribution is 7.89. The Labute approximate surface area is 174 Å². The molecule has 3 heterocycles. The third-order valence-electron chi connectivity index (χ3n) is 4.57. The zero-order valence-electron chi connectivity index (χ0n) is 15.9. The largest absolute Gasteiger partial charge is 0.379 e. The first-order chi connectivity index (χ1) is 13.9. The van der Waals surface area contributed by atoms with Gasteiger partial charge >= 0.3 is 0 Å². The lowest BCUT2D eigenvalue weighted by Crippen LogP contribution is -2.44. The van der Waals surface area contributed by atoms with Crippen LogP contribution in [0.2, 0.25) is 5.15 Å². The molecule has 0 spiro atoms. The summed E-state index contributed by atoms with van der Waals surface area (Å²) in [7, 11) is -3.47. The molecule has 9 nitrogen and oxygen atoms in total. The maximum absolute atomic E-state index is 12.8. The molecule has 0 atom stereocenters. The van der Waals surface area contributed by atoms with Crippen LogP contribution in [0.1, 0.15) is 17.7 Å². The standard InChI is InChI=1S/C18H23ClN4O5S/c19-17-13-16(28-21-17)1-2-18(24)22(14-15-3-5-20-6-4-15)9-12-29(25,26)23-7-10-27-11-8-23/h3-6,13H,1-2,7-12,14H2. The van der Waals surface area contributed by atoms with Crippen molar-refractivity contribution >= 4 is 27.5 Å². The maximum Gasteiger partial charge on any atom is 0.223 e. The number of pyridine rings is 1. The van der Waals surface area contributed by atoms with E-state index in [-0.39, 0.29) is 29.8 Å². The van der Waals surface area contributed by atoms with Crippen LogP contribution in [0.15, 0.2) is 35.1 Å². The van der Waals surface area contributed by atoms with Crippen LogP contribution in [0.3, 0.4) is 0 Å². The molecule has 0 radical (unpaired) electrons. The third-order valence-corrected chi connectivity index (χ3v) is 6.60. The van der Waals surface area contributed by atoms with Crippen molar-refractivity contribution in [3.63, 3.8) is 0 Å². The monoisotopic (exact) mass is 442 g/mol. The number of aromatic nitrogens is 2. The minimum absolute atomic E-state index is 0.0952. The lowest BCUT2D eigenvalue weighted by molar-refractivity contribution is -0.131. The Kier molecular flexibility index (Phi) is 7.59. The summed E-state index contributed by atoms with van der Waals surface area (Å²) in [6.45, 7) is 1.85. The average Bonchev–Trinajstić information content (AvgIpc) is 3.16. The molecule has 3 rings (SSSR count). The second-order valence-electron chi connectivity index (χ2n) is 6.61. The smallest absolute Gasteiger partial charge is 0.223 e. The summed E-state index contributed by atoms with van der Waals surface area (Å²) >= 11 is 5.73. The fourth-order valence-corrected chi connectivity index (χ4v) is 4.54. The number of sulfonamides is 1. The van der Waals surface area contributed by atoms with E-state index < -0.39 is 10.0 Å². The summed E-state index contributed by atoms with van der Waals surface area (Å²) in [5, 5.41) is 3.83. The highest BCUT2D eigenvalue weighted by atomic mass is 35.5. The molecular formula is C18H23ClN4O5S. The molecule has 0 unspecified atom stereocenters. The minimum atomic E-state index is -3.47. The summed E-state index contributed by atoms with van der Waals surface area (Å²) in [6.07, 6.45) is 3.77. The van der Waals surface area contributed by atoms with E-state index in [9.17, 15) is 13.2 Å². The zero-order chi connectivity index (χ0) is 20.7. The van der Waals surface area contributed by atoms with Gasteiger partial charge in [-0.2, -0.15) is 4.31 Å². The molecule has 2 aromatic heterocycles. The molecule has 0 saturated carbocycles. The lowest BCUT2D eigenvalue weighted by atomic mass is 10.2. The van der Waals surface area contributed by atoms with Crippen LogP contribution < -0.4 is 0 Å². The predicted molar refractivity (Wildman–Crippen MR) is 106 cm³/mol. The molecule has 1 aliphatic rings. The SMILES string of the molecule is O=C(CCc1cc(Cl)no1)N(CCS(=O)(=O)N1CCOCC1)Cc1ccncc1. The van der Waals surface area contributed by atoms with Crippen molar-refractivity contribution in [1.29, 1.82) is 0 Å². The van der Waals surface area contributed by atoms with Gasteiger partial charge in [0, 0.05) is 57.5 Å². The van der Waals surface area contributed by atoms with Gasteiger partial charge in [0.2, 0.25) is 15.9 Å². The second kappa shape index (κ2) is 10.1. The van der Waals surface area contributed by atoms with Gasteiger partial charge in [0.15, 0.2) is 5.15 Å². The Hall–Kier alpha value is -2.01. The zero-order valence-corrected chi connectivity index (χ0v) is 17.4. The molecule has 29 heavy (non-hydrogen) atoms. The van der Waals surface area contributed by atoms with E-state index in [1.807, 2.05) is 0 Å². The summed E-state index contributed by atoms with van der Waals surface area (Å²) in [5.41, 5.74) is 0.875. The molecule has 0 N–H and O–H groups in total. The molecular weight excluding hydrogens is 420 g/mol. The Morgan fingerprint density at radius 3 is 2.62 bits per heavy atom. The first kappa shape index (κ1) is 21.7. The summed E-state index contributed by atoms with van der Waals surface area (Å²) < 4.78 is 36.9. The Morgan fingerprint density at radius 1 is 1.24 bits per heavy atom. The van der Waals surface area contributed by atoms with Crippen molar-refractivity contribution in [3.05, 3.63) is 47.1 Å². The topological polar surface area (TPSA) is 106 Å². The second-order valence-corrected chi connectivity index (χ2v) is 9.09. The molecule has 158 valence electrons. The molecule has 0 bridgehead atoms. The van der Waals surface area contributed by atoms with Gasteiger partial charge in [-0.25, -0.2) is 8.42 Å². The summed E-state index contributed by atoms with van der Waals surface area (Å²) in [4.78, 5) is 18.3. The number of hydrogen-bond donors (Lipinski definition) is 0. The maximum atomic E-state index is 12.8. The van der Waals surface area contributed by atoms with Gasteiger partial charge in [0.25, 0.3) is 0 Å². The van der Waals surface area contributed by atoms with Crippen molar-refractivity contribution in [2.24, 2.45) is 0 Å². The van der Waals surface area contributed by atoms with Crippen LogP contribution in [0.5, 0.6) is 0 Å². The van der Waals surface area contributed by atoms with Gasteiger partial charge in [-0.15, -0.1) is 0 Å². The van der Waals surface area contributed by atoms with E-state index in [4.69, 9.17) is 20.9 Å². The highest BCUT2D eigenvalue weighted by Gasteiger charge is 2.26. The summed E-state index contributed by atoms with van der Waals surface area (Å²) in [5.74, 6) is 0.192. The highest BCUT2D eigenvalue weighted by Crippen LogP contribution is 2.13. The molecule has 1 amide bonds. The van der Waals surface area contributed by atoms with Crippen molar-refractivity contribution in [2.45, 2.75) is 19.4 Å². The van der Waals surface area contributed by atoms with Crippen LogP contribution in [0.4, 0.5) is 0 Å². The van der Waals surface area contributed by atoms with Crippen LogP contribution in [0.25, 0.3) is 0 Å². The Bertz CT molecular complexity index is 900. The summed E-state index contributed by atoms with van der Waals surface area (Å²) in [6, 6.07) is 5.16. The van der Waals surface area contributed by atoms with Crippen molar-refractivity contribution < 1.29 is 22.5 Å². The number of morpholine rings is 1. The van der Waals surface area contributed by atoms with Crippen molar-refractivity contribution in [3.8, 4) is 0 Å². The van der Waals surface area contributed by atoms with Gasteiger partial charge < -0.3 is 14.2 Å². The average molecular weight is 443 g/mol. The fraction of sp³-hybridized carbons (Fsp3) is 0.500. The number of halogens is 1. The van der Waals surface area contributed by atoms with E-state index in [2.05, 4.69) is 10.1 Å². The number of amides is 1. The van der Waals surface area contributed by atoms with Gasteiger partial charge in [-0.3, -0.25) is 9.78 Å². The number of nitrogens with zero attached hydrogens (tertiary/aromatic N) is 4. The number of carbonyl (C=O) groups is 1. The molecule has 1 fully saturated rings. The minimum Gasteiger partial charge on any atom is -0.379 e. The van der Waals surface area contributed by atoms with E-state index in [0.717, 1.165) is 5.56 Å². The van der Waals surface area contributed by atoms with Crippen molar-refractivity contribution in [2.75, 3.05) is 38.6 Å². The molecule has 0 aromatic carbocycles. The first-order valence-corrected chi connectivity index (χ1v) is 11.3. The number of hydrogen-bond acceptors (Lipinski definition) is 7. The van der Waals surface area contributed by atoms with Crippen LogP contribution in [-0.4, -0.2) is 72.3 Å². The Balaban J connectivity index is 1.64. The van der Waals surface area contributed by atoms with E-state index in [1.54, 1.807) is 35.5 Å². The molecule has 11 heteroatoms. The van der Waals surface area contributed by atoms with Gasteiger partial charge in [-0.1, -0.05) is 16.8 Å². The van der Waals surface area contributed by atoms with Crippen LogP contribution >= 0.6 is 11.6 Å². The molecule has 1 aliphatic heterocycles. The van der Waals surface area contributed by atoms with Crippen LogP contribution in [-0.2, 0) is 32.5 Å². The fourth-order valence-electron chi connectivity index (χ4n) is 2.97. The number of aryl methyl sites for hydroxylation is 1. The van der Waals surface area contributed by atoms with Gasteiger partial charge in [0.1, 0.15) is 5.76 Å². The molecule has 0 aliphatic carbocycles. The number of carbonyl (C=O) groups excluding carboxylic acids is 1. The van der Waals surface area contributed by atoms with Crippen molar-refractivity contribution in [1.82, 2.24) is 19.3 Å². The van der Waals surface area contributed by atoms with Gasteiger partial charge in [0.05, 0.1) is 19.0 Å². The number of ether oxygens (including phenoxy) is 1. The van der Waals surface area contributed by atoms with E-state index in [1.165, 1.54) is 4.31 Å². The lowest BCUT2D eigenvalue weighted by Gasteiger charge is -2.28. The third kappa shape index (κ3) is 6.49. The van der Waals surface area contributed by atoms with E-state index >= 15 is 0 Å². The quantitative estimate of drug-likeness (QED) is 0.577. The predicted octanol–water partition coefficient (Wildman–Crippen LogP) is 1.35. The molecule has 1 saturated heterocycles.